The molecule has 6 heteroatoms. The normalized spacial score (nSPS) is 21.5. The topological polar surface area (TPSA) is 57.8 Å². The van der Waals surface area contributed by atoms with Gasteiger partial charge in [0.2, 0.25) is 0 Å². The maximum absolute atomic E-state index is 5.55. The molecule has 1 aromatic carbocycles. The van der Waals surface area contributed by atoms with Gasteiger partial charge in [-0.05, 0) is 31.4 Å². The molecule has 2 fully saturated rings. The van der Waals surface area contributed by atoms with E-state index < -0.39 is 0 Å². The highest BCUT2D eigenvalue weighted by Crippen LogP contribution is 2.49. The SMILES string of the molecule is c1ccc(-n2nc(C3CCOC3)nc2C2(Cn3ccnc3)CC2)cc1. The Balaban J connectivity index is 1.57. The Bertz CT molecular complexity index is 845. The number of benzene rings is 1. The van der Waals surface area contributed by atoms with Crippen molar-refractivity contribution < 1.29 is 4.74 Å². The molecule has 3 heterocycles. The fraction of sp³-hybridized carbons (Fsp3) is 0.421. The van der Waals surface area contributed by atoms with Crippen molar-refractivity contribution in [1.82, 2.24) is 24.3 Å². The monoisotopic (exact) mass is 335 g/mol. The highest BCUT2D eigenvalue weighted by Gasteiger charge is 2.49. The molecule has 0 radical (unpaired) electrons. The Morgan fingerprint density at radius 1 is 1.20 bits per heavy atom. The van der Waals surface area contributed by atoms with Gasteiger partial charge >= 0.3 is 0 Å². The predicted octanol–water partition coefficient (Wildman–Crippen LogP) is 2.70. The van der Waals surface area contributed by atoms with E-state index in [9.17, 15) is 0 Å². The van der Waals surface area contributed by atoms with E-state index in [1.807, 2.05) is 24.8 Å². The molecule has 1 saturated heterocycles. The molecule has 3 aromatic rings. The van der Waals surface area contributed by atoms with Gasteiger partial charge in [0.05, 0.1) is 18.6 Å². The summed E-state index contributed by atoms with van der Waals surface area (Å²) < 4.78 is 9.75. The zero-order chi connectivity index (χ0) is 16.7. The molecule has 0 N–H and O–H groups in total. The third-order valence-electron chi connectivity index (χ3n) is 5.29. The minimum atomic E-state index is 0.0568. The number of hydrogen-bond acceptors (Lipinski definition) is 4. The summed E-state index contributed by atoms with van der Waals surface area (Å²) in [4.78, 5) is 9.20. The van der Waals surface area contributed by atoms with Crippen LogP contribution in [0.2, 0.25) is 0 Å². The van der Waals surface area contributed by atoms with Crippen LogP contribution in [0.1, 0.15) is 36.8 Å². The van der Waals surface area contributed by atoms with Crippen LogP contribution in [0.5, 0.6) is 0 Å². The van der Waals surface area contributed by atoms with Crippen LogP contribution >= 0.6 is 0 Å². The summed E-state index contributed by atoms with van der Waals surface area (Å²) in [7, 11) is 0. The number of ether oxygens (including phenoxy) is 1. The second-order valence-electron chi connectivity index (χ2n) is 7.12. The fourth-order valence-electron chi connectivity index (χ4n) is 3.66. The smallest absolute Gasteiger partial charge is 0.156 e. The number of nitrogens with zero attached hydrogens (tertiary/aromatic N) is 5. The van der Waals surface area contributed by atoms with Crippen molar-refractivity contribution in [2.45, 2.75) is 37.1 Å². The Hall–Kier alpha value is -2.47. The number of hydrogen-bond donors (Lipinski definition) is 0. The van der Waals surface area contributed by atoms with Crippen LogP contribution < -0.4 is 0 Å². The zero-order valence-corrected chi connectivity index (χ0v) is 14.1. The van der Waals surface area contributed by atoms with Gasteiger partial charge in [-0.2, -0.15) is 5.10 Å². The van der Waals surface area contributed by atoms with Gasteiger partial charge in [-0.15, -0.1) is 0 Å². The second kappa shape index (κ2) is 5.81. The first-order valence-electron chi connectivity index (χ1n) is 8.90. The van der Waals surface area contributed by atoms with Crippen LogP contribution in [-0.2, 0) is 16.7 Å². The molecule has 0 bridgehead atoms. The molecular weight excluding hydrogens is 314 g/mol. The molecule has 128 valence electrons. The Kier molecular flexibility index (Phi) is 3.45. The van der Waals surface area contributed by atoms with E-state index in [0.29, 0.717) is 5.92 Å². The maximum atomic E-state index is 5.55. The van der Waals surface area contributed by atoms with Gasteiger partial charge in [0.25, 0.3) is 0 Å². The lowest BCUT2D eigenvalue weighted by atomic mass is 10.1. The van der Waals surface area contributed by atoms with E-state index >= 15 is 0 Å². The molecule has 2 aliphatic rings. The van der Waals surface area contributed by atoms with Crippen molar-refractivity contribution in [1.29, 1.82) is 0 Å². The Morgan fingerprint density at radius 3 is 2.76 bits per heavy atom. The molecule has 0 spiro atoms. The van der Waals surface area contributed by atoms with Gasteiger partial charge in [0, 0.05) is 36.9 Å². The molecular formula is C19H21N5O. The van der Waals surface area contributed by atoms with Gasteiger partial charge in [-0.25, -0.2) is 14.6 Å². The number of imidazole rings is 1. The van der Waals surface area contributed by atoms with E-state index in [-0.39, 0.29) is 5.41 Å². The largest absolute Gasteiger partial charge is 0.381 e. The summed E-state index contributed by atoms with van der Waals surface area (Å²) in [5.74, 6) is 2.32. The van der Waals surface area contributed by atoms with Crippen molar-refractivity contribution in [3.8, 4) is 5.69 Å². The Morgan fingerprint density at radius 2 is 2.08 bits per heavy atom. The maximum Gasteiger partial charge on any atom is 0.156 e. The number of rotatable bonds is 5. The van der Waals surface area contributed by atoms with Gasteiger partial charge in [0.1, 0.15) is 5.82 Å². The van der Waals surface area contributed by atoms with Crippen molar-refractivity contribution in [3.05, 3.63) is 60.7 Å². The fourth-order valence-corrected chi connectivity index (χ4v) is 3.66. The first kappa shape index (κ1) is 14.8. The molecule has 6 nitrogen and oxygen atoms in total. The standard InChI is InChI=1S/C19H21N5O/c1-2-4-16(5-3-1)24-18(21-17(22-24)15-6-11-25-12-15)19(7-8-19)13-23-10-9-20-14-23/h1-5,9-10,14-15H,6-8,11-13H2. The summed E-state index contributed by atoms with van der Waals surface area (Å²) in [5.41, 5.74) is 1.13. The average Bonchev–Trinajstić information content (AvgIpc) is 3.13. The van der Waals surface area contributed by atoms with Crippen LogP contribution in [0.15, 0.2) is 49.1 Å². The van der Waals surface area contributed by atoms with E-state index in [2.05, 4.69) is 38.5 Å². The molecule has 1 unspecified atom stereocenters. The average molecular weight is 335 g/mol. The number of para-hydroxylation sites is 1. The lowest BCUT2D eigenvalue weighted by molar-refractivity contribution is 0.193. The summed E-state index contributed by atoms with van der Waals surface area (Å²) in [6, 6.07) is 10.3. The molecule has 5 rings (SSSR count). The van der Waals surface area contributed by atoms with E-state index in [0.717, 1.165) is 56.4 Å². The first-order chi connectivity index (χ1) is 12.3. The van der Waals surface area contributed by atoms with Crippen LogP contribution in [-0.4, -0.2) is 37.5 Å². The highest BCUT2D eigenvalue weighted by molar-refractivity contribution is 5.35. The third-order valence-corrected chi connectivity index (χ3v) is 5.29. The van der Waals surface area contributed by atoms with Crippen LogP contribution in [0.3, 0.4) is 0 Å². The molecule has 2 aromatic heterocycles. The van der Waals surface area contributed by atoms with E-state index in [4.69, 9.17) is 14.8 Å². The Labute approximate surface area is 146 Å². The van der Waals surface area contributed by atoms with E-state index in [1.54, 1.807) is 0 Å². The van der Waals surface area contributed by atoms with Crippen LogP contribution in [0.25, 0.3) is 5.69 Å². The summed E-state index contributed by atoms with van der Waals surface area (Å²) >= 11 is 0. The van der Waals surface area contributed by atoms with Crippen LogP contribution in [0, 0.1) is 0 Å². The second-order valence-corrected chi connectivity index (χ2v) is 7.12. The predicted molar refractivity (Wildman–Crippen MR) is 92.7 cm³/mol. The minimum absolute atomic E-state index is 0.0568. The molecule has 0 amide bonds. The molecule has 1 aliphatic heterocycles. The third kappa shape index (κ3) is 2.66. The first-order valence-corrected chi connectivity index (χ1v) is 8.90. The quantitative estimate of drug-likeness (QED) is 0.719. The lowest BCUT2D eigenvalue weighted by Crippen LogP contribution is -2.20. The number of aromatic nitrogens is 5. The summed E-state index contributed by atoms with van der Waals surface area (Å²) in [6.45, 7) is 2.44. The van der Waals surface area contributed by atoms with Gasteiger partial charge in [-0.1, -0.05) is 18.2 Å². The van der Waals surface area contributed by atoms with Gasteiger partial charge in [0.15, 0.2) is 5.82 Å². The zero-order valence-electron chi connectivity index (χ0n) is 14.1. The summed E-state index contributed by atoms with van der Waals surface area (Å²) in [5, 5.41) is 4.90. The minimum Gasteiger partial charge on any atom is -0.381 e. The lowest BCUT2D eigenvalue weighted by Gasteiger charge is -2.16. The highest BCUT2D eigenvalue weighted by atomic mass is 16.5. The van der Waals surface area contributed by atoms with Crippen molar-refractivity contribution in [2.75, 3.05) is 13.2 Å². The summed E-state index contributed by atoms with van der Waals surface area (Å²) in [6.07, 6.45) is 9.02. The molecule has 1 saturated carbocycles. The molecule has 1 aliphatic carbocycles. The van der Waals surface area contributed by atoms with Gasteiger partial charge < -0.3 is 9.30 Å². The van der Waals surface area contributed by atoms with Crippen molar-refractivity contribution >= 4 is 0 Å². The van der Waals surface area contributed by atoms with Crippen molar-refractivity contribution in [3.63, 3.8) is 0 Å². The van der Waals surface area contributed by atoms with Gasteiger partial charge in [-0.3, -0.25) is 0 Å². The van der Waals surface area contributed by atoms with Crippen LogP contribution in [0.4, 0.5) is 0 Å². The molecule has 1 atom stereocenters. The van der Waals surface area contributed by atoms with E-state index in [1.165, 1.54) is 0 Å². The van der Waals surface area contributed by atoms with Crippen molar-refractivity contribution in [2.24, 2.45) is 0 Å². The molecule has 25 heavy (non-hydrogen) atoms.